The second kappa shape index (κ2) is 5.35. The number of nitrogens with one attached hydrogen (secondary N) is 2. The Morgan fingerprint density at radius 1 is 1.36 bits per heavy atom. The highest BCUT2D eigenvalue weighted by Gasteiger charge is 2.33. The summed E-state index contributed by atoms with van der Waals surface area (Å²) in [5.41, 5.74) is -2.36. The third kappa shape index (κ3) is 3.13. The summed E-state index contributed by atoms with van der Waals surface area (Å²) in [6, 6.07) is 3.35. The number of aromatic hydroxyl groups is 1. The Morgan fingerprint density at radius 3 is 2.55 bits per heavy atom. The fourth-order valence-corrected chi connectivity index (χ4v) is 1.51. The first-order chi connectivity index (χ1) is 10.2. The van der Waals surface area contributed by atoms with Gasteiger partial charge in [-0.05, 0) is 6.07 Å². The number of anilines is 1. The van der Waals surface area contributed by atoms with Gasteiger partial charge in [0.1, 0.15) is 11.4 Å². The Bertz CT molecular complexity index is 741. The predicted molar refractivity (Wildman–Crippen MR) is 66.3 cm³/mol. The largest absolute Gasteiger partial charge is 0.506 e. The minimum atomic E-state index is -4.68. The van der Waals surface area contributed by atoms with Crippen LogP contribution in [0.25, 0.3) is 0 Å². The molecule has 0 atom stereocenters. The standard InChI is InChI=1S/C11H7F3N4O4/c12-11(13,14)9-4-7(16-17-9)10(20)15-6-2-1-5(18(21)22)3-8(6)19/h1-4,19H,(H,15,20)(H,16,17). The number of benzene rings is 1. The molecule has 3 N–H and O–H groups in total. The molecule has 0 radical (unpaired) electrons. The summed E-state index contributed by atoms with van der Waals surface area (Å²) in [6.07, 6.45) is -4.68. The van der Waals surface area contributed by atoms with Crippen LogP contribution in [0.4, 0.5) is 24.5 Å². The van der Waals surface area contributed by atoms with Crippen molar-refractivity contribution < 1.29 is 28.0 Å². The van der Waals surface area contributed by atoms with Crippen molar-refractivity contribution in [2.45, 2.75) is 6.18 Å². The molecular formula is C11H7F3N4O4. The summed E-state index contributed by atoms with van der Waals surface area (Å²) in [4.78, 5) is 21.5. The van der Waals surface area contributed by atoms with Gasteiger partial charge in [0.15, 0.2) is 5.69 Å². The number of aromatic nitrogens is 2. The minimum absolute atomic E-state index is 0.202. The van der Waals surface area contributed by atoms with Gasteiger partial charge >= 0.3 is 6.18 Å². The maximum atomic E-state index is 12.4. The van der Waals surface area contributed by atoms with Crippen LogP contribution in [0.2, 0.25) is 0 Å². The molecule has 0 aliphatic rings. The Balaban J connectivity index is 2.19. The fourth-order valence-electron chi connectivity index (χ4n) is 1.51. The molecule has 1 aromatic heterocycles. The van der Waals surface area contributed by atoms with E-state index in [1.165, 1.54) is 0 Å². The summed E-state index contributed by atoms with van der Waals surface area (Å²) < 4.78 is 37.1. The van der Waals surface area contributed by atoms with Gasteiger partial charge < -0.3 is 10.4 Å². The van der Waals surface area contributed by atoms with Crippen molar-refractivity contribution in [1.29, 1.82) is 0 Å². The summed E-state index contributed by atoms with van der Waals surface area (Å²) in [7, 11) is 0. The molecule has 0 aliphatic heterocycles. The number of halogens is 3. The molecule has 0 aliphatic carbocycles. The van der Waals surface area contributed by atoms with E-state index in [-0.39, 0.29) is 5.69 Å². The molecular weight excluding hydrogens is 309 g/mol. The number of alkyl halides is 3. The maximum absolute atomic E-state index is 12.4. The minimum Gasteiger partial charge on any atom is -0.506 e. The average Bonchev–Trinajstić information content (AvgIpc) is 2.90. The Kier molecular flexibility index (Phi) is 3.72. The number of hydrogen-bond acceptors (Lipinski definition) is 5. The lowest BCUT2D eigenvalue weighted by molar-refractivity contribution is -0.384. The lowest BCUT2D eigenvalue weighted by atomic mass is 10.2. The zero-order chi connectivity index (χ0) is 16.5. The molecule has 22 heavy (non-hydrogen) atoms. The van der Waals surface area contributed by atoms with Gasteiger partial charge in [0, 0.05) is 12.1 Å². The Hall–Kier alpha value is -3.11. The number of hydrogen-bond donors (Lipinski definition) is 3. The number of nitro benzene ring substituents is 1. The lowest BCUT2D eigenvalue weighted by Gasteiger charge is -2.05. The van der Waals surface area contributed by atoms with E-state index in [0.29, 0.717) is 6.07 Å². The topological polar surface area (TPSA) is 121 Å². The van der Waals surface area contributed by atoms with Gasteiger partial charge in [-0.1, -0.05) is 0 Å². The van der Waals surface area contributed by atoms with Crippen LogP contribution in [0, 0.1) is 10.1 Å². The van der Waals surface area contributed by atoms with Crippen LogP contribution in [-0.4, -0.2) is 26.1 Å². The number of H-pyrrole nitrogens is 1. The molecule has 2 rings (SSSR count). The quantitative estimate of drug-likeness (QED) is 0.456. The van der Waals surface area contributed by atoms with E-state index >= 15 is 0 Å². The lowest BCUT2D eigenvalue weighted by Crippen LogP contribution is -2.12. The highest BCUT2D eigenvalue weighted by molar-refractivity contribution is 6.03. The number of amides is 1. The number of aromatic amines is 1. The number of non-ortho nitro benzene ring substituents is 1. The SMILES string of the molecule is O=C(Nc1ccc([N+](=O)[O-])cc1O)c1cc(C(F)(F)F)[nH]n1. The molecule has 0 saturated heterocycles. The average molecular weight is 316 g/mol. The molecule has 11 heteroatoms. The van der Waals surface area contributed by atoms with Gasteiger partial charge in [0.05, 0.1) is 16.7 Å². The molecule has 0 saturated carbocycles. The first-order valence-corrected chi connectivity index (χ1v) is 5.60. The molecule has 2 aromatic rings. The van der Waals surface area contributed by atoms with Crippen molar-refractivity contribution in [1.82, 2.24) is 10.2 Å². The molecule has 0 unspecified atom stereocenters. The van der Waals surface area contributed by atoms with Gasteiger partial charge in [0.2, 0.25) is 0 Å². The zero-order valence-corrected chi connectivity index (χ0v) is 10.5. The number of nitrogens with zero attached hydrogens (tertiary/aromatic N) is 2. The highest BCUT2D eigenvalue weighted by atomic mass is 19.4. The summed E-state index contributed by atoms with van der Waals surface area (Å²) in [5, 5.41) is 27.0. The third-order valence-electron chi connectivity index (χ3n) is 2.56. The summed E-state index contributed by atoms with van der Waals surface area (Å²) in [5.74, 6) is -1.62. The van der Waals surface area contributed by atoms with E-state index in [1.54, 1.807) is 5.10 Å². The third-order valence-corrected chi connectivity index (χ3v) is 2.56. The normalized spacial score (nSPS) is 11.2. The number of carbonyl (C=O) groups is 1. The summed E-state index contributed by atoms with van der Waals surface area (Å²) in [6.45, 7) is 0. The van der Waals surface area contributed by atoms with E-state index in [0.717, 1.165) is 18.2 Å². The molecule has 0 fully saturated rings. The van der Waals surface area contributed by atoms with Gasteiger partial charge in [0.25, 0.3) is 11.6 Å². The predicted octanol–water partition coefficient (Wildman–Crippen LogP) is 2.29. The number of phenolic OH excluding ortho intramolecular Hbond substituents is 1. The first-order valence-electron chi connectivity index (χ1n) is 5.60. The number of nitro groups is 1. The van der Waals surface area contributed by atoms with Gasteiger partial charge in [-0.3, -0.25) is 20.0 Å². The second-order valence-electron chi connectivity index (χ2n) is 4.08. The van der Waals surface area contributed by atoms with Crippen LogP contribution >= 0.6 is 0 Å². The smallest absolute Gasteiger partial charge is 0.432 e. The molecule has 0 bridgehead atoms. The highest BCUT2D eigenvalue weighted by Crippen LogP contribution is 2.29. The van der Waals surface area contributed by atoms with Crippen molar-refractivity contribution >= 4 is 17.3 Å². The van der Waals surface area contributed by atoms with Crippen LogP contribution in [0.15, 0.2) is 24.3 Å². The molecule has 1 aromatic carbocycles. The Morgan fingerprint density at radius 2 is 2.05 bits per heavy atom. The van der Waals surface area contributed by atoms with Crippen molar-refractivity contribution in [3.05, 3.63) is 45.8 Å². The van der Waals surface area contributed by atoms with Crippen molar-refractivity contribution in [2.75, 3.05) is 5.32 Å². The van der Waals surface area contributed by atoms with Crippen molar-refractivity contribution in [3.8, 4) is 5.75 Å². The van der Waals surface area contributed by atoms with Crippen LogP contribution in [0.3, 0.4) is 0 Å². The van der Waals surface area contributed by atoms with Crippen molar-refractivity contribution in [2.24, 2.45) is 0 Å². The van der Waals surface area contributed by atoms with Gasteiger partial charge in [-0.2, -0.15) is 18.3 Å². The van der Waals surface area contributed by atoms with E-state index < -0.39 is 39.8 Å². The van der Waals surface area contributed by atoms with E-state index in [2.05, 4.69) is 10.4 Å². The van der Waals surface area contributed by atoms with Crippen LogP contribution < -0.4 is 5.32 Å². The number of carbonyl (C=O) groups excluding carboxylic acids is 1. The van der Waals surface area contributed by atoms with Crippen LogP contribution in [0.1, 0.15) is 16.2 Å². The Labute approximate surface area is 119 Å². The summed E-state index contributed by atoms with van der Waals surface area (Å²) >= 11 is 0. The molecule has 1 amide bonds. The van der Waals surface area contributed by atoms with Gasteiger partial charge in [-0.15, -0.1) is 0 Å². The second-order valence-corrected chi connectivity index (χ2v) is 4.08. The van der Waals surface area contributed by atoms with Crippen LogP contribution in [-0.2, 0) is 6.18 Å². The molecule has 8 nitrogen and oxygen atoms in total. The number of phenols is 1. The monoisotopic (exact) mass is 316 g/mol. The van der Waals surface area contributed by atoms with E-state index in [1.807, 2.05) is 0 Å². The maximum Gasteiger partial charge on any atom is 0.432 e. The van der Waals surface area contributed by atoms with E-state index in [9.17, 15) is 33.2 Å². The van der Waals surface area contributed by atoms with E-state index in [4.69, 9.17) is 0 Å². The molecule has 116 valence electrons. The fraction of sp³-hybridized carbons (Fsp3) is 0.0909. The first kappa shape index (κ1) is 15.3. The zero-order valence-electron chi connectivity index (χ0n) is 10.5. The van der Waals surface area contributed by atoms with Crippen LogP contribution in [0.5, 0.6) is 5.75 Å². The van der Waals surface area contributed by atoms with Crippen molar-refractivity contribution in [3.63, 3.8) is 0 Å². The molecule has 1 heterocycles. The molecule has 0 spiro atoms. The van der Waals surface area contributed by atoms with Gasteiger partial charge in [-0.25, -0.2) is 0 Å². The number of rotatable bonds is 3.